The van der Waals surface area contributed by atoms with Gasteiger partial charge in [0.15, 0.2) is 5.83 Å². The van der Waals surface area contributed by atoms with E-state index in [2.05, 4.69) is 26.3 Å². The summed E-state index contributed by atoms with van der Waals surface area (Å²) < 4.78 is 19.9. The lowest BCUT2D eigenvalue weighted by Gasteiger charge is -2.33. The Kier molecular flexibility index (Phi) is 6.93. The van der Waals surface area contributed by atoms with Crippen LogP contribution in [0.1, 0.15) is 26.7 Å². The molecule has 32 heavy (non-hydrogen) atoms. The molecule has 4 rings (SSSR count). The van der Waals surface area contributed by atoms with Crippen LogP contribution in [0.25, 0.3) is 0 Å². The Bertz CT molecular complexity index is 910. The van der Waals surface area contributed by atoms with Crippen LogP contribution in [0, 0.1) is 11.8 Å². The number of hydrogen-bond donors (Lipinski definition) is 4. The second-order valence-electron chi connectivity index (χ2n) is 8.83. The van der Waals surface area contributed by atoms with Gasteiger partial charge in [-0.3, -0.25) is 4.99 Å². The third-order valence-corrected chi connectivity index (χ3v) is 5.94. The van der Waals surface area contributed by atoms with E-state index in [1.807, 2.05) is 19.9 Å². The SMILES string of the molecule is CC(C)COC(=O)N1CCC[C@H](CNC2=C(F)CNC(=C3C=NC4NC=C(Cl)C=C34)N2)C1. The molecule has 2 atom stereocenters. The third-order valence-electron chi connectivity index (χ3n) is 5.73. The topological polar surface area (TPSA) is 90.0 Å². The van der Waals surface area contributed by atoms with Gasteiger partial charge in [-0.25, -0.2) is 9.18 Å². The molecule has 0 saturated carbocycles. The number of hydrogen-bond acceptors (Lipinski definition) is 7. The Labute approximate surface area is 192 Å². The fourth-order valence-electron chi connectivity index (χ4n) is 4.07. The lowest BCUT2D eigenvalue weighted by atomic mass is 9.98. The molecule has 10 heteroatoms. The van der Waals surface area contributed by atoms with E-state index < -0.39 is 0 Å². The van der Waals surface area contributed by atoms with Crippen LogP contribution in [0.3, 0.4) is 0 Å². The Morgan fingerprint density at radius 1 is 1.47 bits per heavy atom. The molecular weight excluding hydrogens is 435 g/mol. The number of dihydropyridines is 1. The number of ether oxygens (including phenoxy) is 1. The molecule has 4 heterocycles. The maximum atomic E-state index is 14.5. The molecule has 1 amide bonds. The molecule has 0 bridgehead atoms. The van der Waals surface area contributed by atoms with E-state index in [-0.39, 0.29) is 30.5 Å². The van der Waals surface area contributed by atoms with E-state index in [1.54, 1.807) is 17.3 Å². The normalized spacial score (nSPS) is 27.2. The number of carbonyl (C=O) groups excluding carboxylic acids is 1. The van der Waals surface area contributed by atoms with Gasteiger partial charge in [-0.2, -0.15) is 0 Å². The molecule has 0 aromatic carbocycles. The molecule has 4 N–H and O–H groups in total. The molecule has 174 valence electrons. The Morgan fingerprint density at radius 3 is 3.12 bits per heavy atom. The van der Waals surface area contributed by atoms with Gasteiger partial charge in [0.2, 0.25) is 0 Å². The van der Waals surface area contributed by atoms with Crippen molar-refractivity contribution in [1.82, 2.24) is 26.2 Å². The minimum absolute atomic E-state index is 0.0786. The average Bonchev–Trinajstić information content (AvgIpc) is 3.20. The van der Waals surface area contributed by atoms with Gasteiger partial charge in [0.1, 0.15) is 17.8 Å². The fraction of sp³-hybridized carbons (Fsp3) is 0.545. The van der Waals surface area contributed by atoms with Crippen molar-refractivity contribution in [3.63, 3.8) is 0 Å². The number of aliphatic imine (C=N–C) groups is 1. The van der Waals surface area contributed by atoms with Gasteiger partial charge in [-0.15, -0.1) is 0 Å². The predicted octanol–water partition coefficient (Wildman–Crippen LogP) is 2.64. The van der Waals surface area contributed by atoms with E-state index in [0.29, 0.717) is 48.8 Å². The smallest absolute Gasteiger partial charge is 0.409 e. The predicted molar refractivity (Wildman–Crippen MR) is 122 cm³/mol. The van der Waals surface area contributed by atoms with Crippen LogP contribution < -0.4 is 21.3 Å². The Balaban J connectivity index is 1.36. The number of piperidine rings is 1. The third kappa shape index (κ3) is 5.20. The number of fused-ring (bicyclic) bond motifs is 1. The lowest BCUT2D eigenvalue weighted by Crippen LogP contribution is -2.46. The van der Waals surface area contributed by atoms with Crippen molar-refractivity contribution in [1.29, 1.82) is 0 Å². The first-order valence-corrected chi connectivity index (χ1v) is 11.4. The van der Waals surface area contributed by atoms with E-state index in [9.17, 15) is 9.18 Å². The lowest BCUT2D eigenvalue weighted by molar-refractivity contribution is 0.0760. The summed E-state index contributed by atoms with van der Waals surface area (Å²) in [7, 11) is 0. The van der Waals surface area contributed by atoms with Crippen molar-refractivity contribution in [3.05, 3.63) is 45.9 Å². The molecule has 0 aromatic rings. The van der Waals surface area contributed by atoms with Gasteiger partial charge in [-0.05, 0) is 30.8 Å². The van der Waals surface area contributed by atoms with Crippen LogP contribution in [0.4, 0.5) is 9.18 Å². The summed E-state index contributed by atoms with van der Waals surface area (Å²) in [6.07, 6.45) is 6.75. The number of amides is 1. The molecule has 1 fully saturated rings. The van der Waals surface area contributed by atoms with Crippen molar-refractivity contribution in [3.8, 4) is 0 Å². The van der Waals surface area contributed by atoms with E-state index in [0.717, 1.165) is 24.0 Å². The first-order chi connectivity index (χ1) is 15.4. The van der Waals surface area contributed by atoms with Crippen LogP contribution in [-0.4, -0.2) is 56.2 Å². The van der Waals surface area contributed by atoms with Crippen molar-refractivity contribution >= 4 is 23.9 Å². The second-order valence-corrected chi connectivity index (χ2v) is 9.27. The average molecular weight is 465 g/mol. The first kappa shape index (κ1) is 22.5. The Hall–Kier alpha value is -2.68. The first-order valence-electron chi connectivity index (χ1n) is 11.1. The highest BCUT2D eigenvalue weighted by molar-refractivity contribution is 6.31. The summed E-state index contributed by atoms with van der Waals surface area (Å²) in [5.74, 6) is 1.25. The van der Waals surface area contributed by atoms with Gasteiger partial charge in [0, 0.05) is 43.2 Å². The molecule has 4 aliphatic rings. The fourth-order valence-corrected chi connectivity index (χ4v) is 4.25. The van der Waals surface area contributed by atoms with Gasteiger partial charge in [0.25, 0.3) is 0 Å². The van der Waals surface area contributed by atoms with Crippen LogP contribution in [-0.2, 0) is 4.74 Å². The van der Waals surface area contributed by atoms with Gasteiger partial charge < -0.3 is 30.9 Å². The minimum Gasteiger partial charge on any atom is -0.449 e. The summed E-state index contributed by atoms with van der Waals surface area (Å²) >= 11 is 6.13. The van der Waals surface area contributed by atoms with Gasteiger partial charge >= 0.3 is 6.09 Å². The molecule has 0 spiro atoms. The van der Waals surface area contributed by atoms with Crippen molar-refractivity contribution < 1.29 is 13.9 Å². The zero-order valence-corrected chi connectivity index (χ0v) is 19.1. The second kappa shape index (κ2) is 9.85. The van der Waals surface area contributed by atoms with Gasteiger partial charge in [0.05, 0.1) is 18.2 Å². The maximum Gasteiger partial charge on any atom is 0.409 e. The number of likely N-dealkylation sites (tertiary alicyclic amines) is 1. The van der Waals surface area contributed by atoms with Crippen LogP contribution in [0.2, 0.25) is 0 Å². The molecule has 8 nitrogen and oxygen atoms in total. The largest absolute Gasteiger partial charge is 0.449 e. The number of nitrogens with one attached hydrogen (secondary N) is 4. The van der Waals surface area contributed by atoms with Crippen molar-refractivity contribution in [2.75, 3.05) is 32.8 Å². The highest BCUT2D eigenvalue weighted by Crippen LogP contribution is 2.28. The standard InChI is InChI=1S/C22H30ClFN6O2/c1-13(2)12-32-22(31)30-5-3-4-14(11-30)7-25-21-18(24)10-28-20(29-21)17-9-27-19-16(17)6-15(23)8-26-19/h6,8-9,13-14,19,25-26,28-29H,3-5,7,10-12H2,1-2H3/t14-,19?/m1/s1. The summed E-state index contributed by atoms with van der Waals surface area (Å²) in [5, 5.41) is 13.1. The molecule has 4 aliphatic heterocycles. The molecule has 0 aromatic heterocycles. The van der Waals surface area contributed by atoms with Crippen LogP contribution >= 0.6 is 11.6 Å². The molecule has 1 saturated heterocycles. The highest BCUT2D eigenvalue weighted by atomic mass is 35.5. The minimum atomic E-state index is -0.293. The summed E-state index contributed by atoms with van der Waals surface area (Å²) in [6, 6.07) is 0. The number of carbonyl (C=O) groups is 1. The monoisotopic (exact) mass is 464 g/mol. The molecule has 1 unspecified atom stereocenters. The van der Waals surface area contributed by atoms with Gasteiger partial charge in [-0.1, -0.05) is 25.4 Å². The van der Waals surface area contributed by atoms with Crippen LogP contribution in [0.15, 0.2) is 50.9 Å². The molecule has 0 radical (unpaired) electrons. The van der Waals surface area contributed by atoms with E-state index in [1.165, 1.54) is 0 Å². The molecule has 0 aliphatic carbocycles. The van der Waals surface area contributed by atoms with E-state index in [4.69, 9.17) is 16.3 Å². The molecular formula is C22H30ClFN6O2. The Morgan fingerprint density at radius 2 is 2.31 bits per heavy atom. The summed E-state index contributed by atoms with van der Waals surface area (Å²) in [6.45, 7) is 6.38. The zero-order chi connectivity index (χ0) is 22.7. The summed E-state index contributed by atoms with van der Waals surface area (Å²) in [5.41, 5.74) is 1.77. The maximum absolute atomic E-state index is 14.5. The van der Waals surface area contributed by atoms with Crippen molar-refractivity contribution in [2.24, 2.45) is 16.8 Å². The number of rotatable bonds is 5. The van der Waals surface area contributed by atoms with E-state index >= 15 is 0 Å². The number of allylic oxidation sites excluding steroid dienone is 2. The quantitative estimate of drug-likeness (QED) is 0.500. The highest BCUT2D eigenvalue weighted by Gasteiger charge is 2.29. The number of nitrogens with zero attached hydrogens (tertiary/aromatic N) is 2. The summed E-state index contributed by atoms with van der Waals surface area (Å²) in [4.78, 5) is 18.5. The zero-order valence-electron chi connectivity index (χ0n) is 18.4. The van der Waals surface area contributed by atoms with Crippen molar-refractivity contribution in [2.45, 2.75) is 32.9 Å². The van der Waals surface area contributed by atoms with Crippen LogP contribution in [0.5, 0.6) is 0 Å². The number of halogens is 2.